The number of benzene rings is 2. The quantitative estimate of drug-likeness (QED) is 0.206. The van der Waals surface area contributed by atoms with Crippen molar-refractivity contribution in [1.29, 1.82) is 5.26 Å². The average Bonchev–Trinajstić information content (AvgIpc) is 3.20. The summed E-state index contributed by atoms with van der Waals surface area (Å²) in [4.78, 5) is 14.4. The summed E-state index contributed by atoms with van der Waals surface area (Å²) in [6.07, 6.45) is 8.42. The van der Waals surface area contributed by atoms with E-state index in [0.29, 0.717) is 16.3 Å². The minimum atomic E-state index is -0.717. The molecule has 0 fully saturated rings. The Labute approximate surface area is 174 Å². The van der Waals surface area contributed by atoms with Crippen LogP contribution in [0.2, 0.25) is 0 Å². The topological polar surface area (TPSA) is 79.8 Å². The first kappa shape index (κ1) is 20.8. The van der Waals surface area contributed by atoms with E-state index in [4.69, 9.17) is 0 Å². The van der Waals surface area contributed by atoms with Gasteiger partial charge in [0.25, 0.3) is 5.69 Å². The van der Waals surface area contributed by atoms with Crippen molar-refractivity contribution in [2.45, 2.75) is 0 Å². The van der Waals surface area contributed by atoms with Gasteiger partial charge in [-0.3, -0.25) is 10.1 Å². The number of nitriles is 1. The molecule has 1 aromatic heterocycles. The molecule has 3 rings (SSSR count). The summed E-state index contributed by atoms with van der Waals surface area (Å²) in [5.74, 6) is -1.39. The van der Waals surface area contributed by atoms with Gasteiger partial charge in [0.05, 0.1) is 16.2 Å². The van der Waals surface area contributed by atoms with E-state index in [2.05, 4.69) is 4.98 Å². The molecule has 0 N–H and O–H groups in total. The van der Waals surface area contributed by atoms with Crippen LogP contribution in [0, 0.1) is 33.1 Å². The molecule has 0 spiro atoms. The second kappa shape index (κ2) is 9.49. The van der Waals surface area contributed by atoms with Crippen LogP contribution in [0.1, 0.15) is 10.6 Å². The number of allylic oxidation sites excluding steroid dienone is 5. The van der Waals surface area contributed by atoms with Crippen molar-refractivity contribution in [2.24, 2.45) is 0 Å². The molecule has 0 amide bonds. The Morgan fingerprint density at radius 1 is 1.13 bits per heavy atom. The zero-order valence-electron chi connectivity index (χ0n) is 15.3. The van der Waals surface area contributed by atoms with Gasteiger partial charge in [0.15, 0.2) is 0 Å². The highest BCUT2D eigenvalue weighted by Gasteiger charge is 2.12. The number of hydrogen-bond donors (Lipinski definition) is 0. The number of nitro benzene ring substituents is 1. The van der Waals surface area contributed by atoms with E-state index in [1.165, 1.54) is 29.5 Å². The molecule has 0 bridgehead atoms. The smallest absolute Gasteiger partial charge is 0.258 e. The minimum Gasteiger partial charge on any atom is -0.258 e. The van der Waals surface area contributed by atoms with Crippen LogP contribution < -0.4 is 0 Å². The molecule has 0 saturated carbocycles. The molecule has 0 aliphatic carbocycles. The Morgan fingerprint density at radius 3 is 2.57 bits per heavy atom. The Bertz CT molecular complexity index is 1210. The molecule has 5 nitrogen and oxygen atoms in total. The number of hydrogen-bond acceptors (Lipinski definition) is 5. The lowest BCUT2D eigenvalue weighted by Crippen LogP contribution is -1.87. The number of halogens is 2. The van der Waals surface area contributed by atoms with Crippen molar-refractivity contribution in [1.82, 2.24) is 4.98 Å². The summed E-state index contributed by atoms with van der Waals surface area (Å²) in [6.45, 7) is 0. The van der Waals surface area contributed by atoms with Gasteiger partial charge in [0.1, 0.15) is 22.7 Å². The largest absolute Gasteiger partial charge is 0.269 e. The van der Waals surface area contributed by atoms with E-state index >= 15 is 0 Å². The number of nitrogens with zero attached hydrogens (tertiary/aromatic N) is 3. The van der Waals surface area contributed by atoms with Crippen LogP contribution in [-0.4, -0.2) is 9.91 Å². The highest BCUT2D eigenvalue weighted by molar-refractivity contribution is 7.11. The third-order valence-corrected chi connectivity index (χ3v) is 4.82. The molecule has 0 unspecified atom stereocenters. The predicted molar refractivity (Wildman–Crippen MR) is 112 cm³/mol. The van der Waals surface area contributed by atoms with Crippen molar-refractivity contribution in [3.8, 4) is 17.3 Å². The highest BCUT2D eigenvalue weighted by Crippen LogP contribution is 2.28. The number of non-ortho nitro benzene ring substituents is 1. The van der Waals surface area contributed by atoms with Gasteiger partial charge in [0, 0.05) is 29.1 Å². The SMILES string of the molecule is N#CC(=CC=CC=Cc1ccc([N+](=O)[O-])cc1)c1nc(-c2ccc(F)cc2F)cs1. The van der Waals surface area contributed by atoms with Crippen molar-refractivity contribution in [2.75, 3.05) is 0 Å². The van der Waals surface area contributed by atoms with Gasteiger partial charge < -0.3 is 0 Å². The molecular weight excluding hydrogens is 408 g/mol. The molecule has 1 heterocycles. The molecular formula is C22H13F2N3O2S. The van der Waals surface area contributed by atoms with Crippen LogP contribution in [0.15, 0.2) is 72.1 Å². The lowest BCUT2D eigenvalue weighted by atomic mass is 10.1. The molecule has 0 aliphatic rings. The third-order valence-electron chi connectivity index (χ3n) is 3.94. The number of nitro groups is 1. The van der Waals surface area contributed by atoms with E-state index in [0.717, 1.165) is 17.7 Å². The van der Waals surface area contributed by atoms with Gasteiger partial charge in [-0.05, 0) is 35.9 Å². The van der Waals surface area contributed by atoms with Gasteiger partial charge in [-0.25, -0.2) is 13.8 Å². The van der Waals surface area contributed by atoms with Gasteiger partial charge in [-0.15, -0.1) is 11.3 Å². The fourth-order valence-corrected chi connectivity index (χ4v) is 3.26. The second-order valence-corrected chi connectivity index (χ2v) is 6.80. The van der Waals surface area contributed by atoms with Crippen LogP contribution in [0.25, 0.3) is 22.9 Å². The zero-order chi connectivity index (χ0) is 21.5. The molecule has 148 valence electrons. The Balaban J connectivity index is 1.71. The third kappa shape index (κ3) is 5.10. The maximum atomic E-state index is 13.9. The van der Waals surface area contributed by atoms with Crippen molar-refractivity contribution in [3.05, 3.63) is 104 Å². The number of thiazole rings is 1. The van der Waals surface area contributed by atoms with Gasteiger partial charge >= 0.3 is 0 Å². The van der Waals surface area contributed by atoms with Gasteiger partial charge in [-0.1, -0.05) is 24.3 Å². The Kier molecular flexibility index (Phi) is 6.57. The lowest BCUT2D eigenvalue weighted by Gasteiger charge is -1.98. The molecule has 30 heavy (non-hydrogen) atoms. The van der Waals surface area contributed by atoms with Crippen molar-refractivity contribution < 1.29 is 13.7 Å². The van der Waals surface area contributed by atoms with Crippen LogP contribution in [0.3, 0.4) is 0 Å². The van der Waals surface area contributed by atoms with E-state index in [1.807, 2.05) is 6.07 Å². The Morgan fingerprint density at radius 2 is 1.90 bits per heavy atom. The summed E-state index contributed by atoms with van der Waals surface area (Å²) < 4.78 is 27.0. The fraction of sp³-hybridized carbons (Fsp3) is 0. The second-order valence-electron chi connectivity index (χ2n) is 5.95. The first-order valence-electron chi connectivity index (χ1n) is 8.59. The maximum Gasteiger partial charge on any atom is 0.269 e. The van der Waals surface area contributed by atoms with Gasteiger partial charge in [-0.2, -0.15) is 5.26 Å². The van der Waals surface area contributed by atoms with E-state index < -0.39 is 16.6 Å². The molecule has 3 aromatic rings. The van der Waals surface area contributed by atoms with Crippen molar-refractivity contribution >= 4 is 28.7 Å². The number of aromatic nitrogens is 1. The zero-order valence-corrected chi connectivity index (χ0v) is 16.1. The summed E-state index contributed by atoms with van der Waals surface area (Å²) in [5, 5.41) is 22.0. The van der Waals surface area contributed by atoms with E-state index in [1.54, 1.807) is 47.9 Å². The monoisotopic (exact) mass is 421 g/mol. The van der Waals surface area contributed by atoms with Crippen LogP contribution in [0.4, 0.5) is 14.5 Å². The summed E-state index contributed by atoms with van der Waals surface area (Å²) in [6, 6.07) is 11.4. The van der Waals surface area contributed by atoms with Crippen molar-refractivity contribution in [3.63, 3.8) is 0 Å². The predicted octanol–water partition coefficient (Wildman–Crippen LogP) is 6.17. The molecule has 0 radical (unpaired) electrons. The van der Waals surface area contributed by atoms with Crippen LogP contribution in [0.5, 0.6) is 0 Å². The molecule has 0 atom stereocenters. The summed E-state index contributed by atoms with van der Waals surface area (Å²) in [7, 11) is 0. The average molecular weight is 421 g/mol. The molecule has 2 aromatic carbocycles. The molecule has 8 heteroatoms. The highest BCUT2D eigenvalue weighted by atomic mass is 32.1. The standard InChI is InChI=1S/C22H13F2N3O2S/c23-17-8-11-19(20(24)12-17)21-14-30-22(26-21)16(13-25)5-3-1-2-4-15-6-9-18(10-7-15)27(28)29/h1-12,14H. The normalized spacial score (nSPS) is 11.8. The van der Waals surface area contributed by atoms with E-state index in [-0.39, 0.29) is 11.3 Å². The molecule has 0 aliphatic heterocycles. The molecule has 0 saturated heterocycles. The van der Waals surface area contributed by atoms with Crippen LogP contribution >= 0.6 is 11.3 Å². The first-order chi connectivity index (χ1) is 14.5. The minimum absolute atomic E-state index is 0.0209. The van der Waals surface area contributed by atoms with E-state index in [9.17, 15) is 24.2 Å². The summed E-state index contributed by atoms with van der Waals surface area (Å²) >= 11 is 1.19. The van der Waals surface area contributed by atoms with Gasteiger partial charge in [0.2, 0.25) is 0 Å². The lowest BCUT2D eigenvalue weighted by molar-refractivity contribution is -0.384. The number of rotatable bonds is 6. The maximum absolute atomic E-state index is 13.9. The Hall–Kier alpha value is -3.96. The van der Waals surface area contributed by atoms with Crippen LogP contribution in [-0.2, 0) is 0 Å². The fourth-order valence-electron chi connectivity index (χ4n) is 2.46. The first-order valence-corrected chi connectivity index (χ1v) is 9.47. The summed E-state index contributed by atoms with van der Waals surface area (Å²) in [5.41, 5.74) is 1.61.